The molecule has 0 amide bonds. The summed E-state index contributed by atoms with van der Waals surface area (Å²) in [6.45, 7) is 4.46. The lowest BCUT2D eigenvalue weighted by molar-refractivity contribution is 0.192. The van der Waals surface area contributed by atoms with Gasteiger partial charge in [-0.1, -0.05) is 25.6 Å². The lowest BCUT2D eigenvalue weighted by Crippen LogP contribution is -2.35. The Labute approximate surface area is 109 Å². The second-order valence-corrected chi connectivity index (χ2v) is 5.21. The Bertz CT molecular complexity index is 497. The quantitative estimate of drug-likeness (QED) is 0.451. The zero-order chi connectivity index (χ0) is 13.7. The largest absolute Gasteiger partial charge is 0.391 e. The number of H-pyrrole nitrogens is 1. The van der Waals surface area contributed by atoms with Crippen molar-refractivity contribution >= 4 is 11.8 Å². The summed E-state index contributed by atoms with van der Waals surface area (Å²) in [5.41, 5.74) is -1.56. The lowest BCUT2D eigenvalue weighted by atomic mass is 10.3. The van der Waals surface area contributed by atoms with Gasteiger partial charge in [0.2, 0.25) is 0 Å². The number of aryl methyl sites for hydroxylation is 1. The first-order valence-corrected chi connectivity index (χ1v) is 6.60. The maximum Gasteiger partial charge on any atom is 0.339 e. The van der Waals surface area contributed by atoms with Crippen LogP contribution in [0.15, 0.2) is 14.7 Å². The Morgan fingerprint density at radius 2 is 2.17 bits per heavy atom. The first kappa shape index (κ1) is 14.9. The third-order valence-electron chi connectivity index (χ3n) is 2.11. The first-order chi connectivity index (χ1) is 8.40. The number of aliphatic hydroxyl groups excluding tert-OH is 1. The van der Waals surface area contributed by atoms with Crippen LogP contribution in [-0.2, 0) is 7.05 Å². The van der Waals surface area contributed by atoms with Gasteiger partial charge in [0.05, 0.1) is 6.10 Å². The van der Waals surface area contributed by atoms with E-state index in [1.807, 2.05) is 13.8 Å². The molecule has 0 bridgehead atoms. The monoisotopic (exact) mass is 274 g/mol. The molecule has 7 nitrogen and oxygen atoms in total. The summed E-state index contributed by atoms with van der Waals surface area (Å²) in [6.07, 6.45) is -0.541. The fourth-order valence-electron chi connectivity index (χ4n) is 1.19. The first-order valence-electron chi connectivity index (χ1n) is 5.61. The molecule has 8 heteroatoms. The van der Waals surface area contributed by atoms with Crippen molar-refractivity contribution in [3.63, 3.8) is 0 Å². The smallest absolute Gasteiger partial charge is 0.339 e. The van der Waals surface area contributed by atoms with Crippen molar-refractivity contribution in [2.45, 2.75) is 31.1 Å². The third-order valence-corrected chi connectivity index (χ3v) is 3.29. The van der Waals surface area contributed by atoms with Gasteiger partial charge in [0.15, 0.2) is 5.16 Å². The van der Waals surface area contributed by atoms with E-state index in [0.29, 0.717) is 23.5 Å². The molecule has 1 aromatic rings. The molecule has 3 N–H and O–H groups in total. The van der Waals surface area contributed by atoms with Crippen molar-refractivity contribution in [2.75, 3.05) is 12.3 Å². The van der Waals surface area contributed by atoms with E-state index < -0.39 is 17.2 Å². The number of nitrogens with one attached hydrogen (secondary N) is 2. The molecule has 1 atom stereocenters. The van der Waals surface area contributed by atoms with Gasteiger partial charge in [0, 0.05) is 25.4 Å². The number of aliphatic hydroxyl groups is 1. The zero-order valence-corrected chi connectivity index (χ0v) is 11.5. The fraction of sp³-hybridized carbons (Fsp3) is 0.700. The normalized spacial score (nSPS) is 12.9. The van der Waals surface area contributed by atoms with Crippen LogP contribution in [0.1, 0.15) is 13.8 Å². The summed E-state index contributed by atoms with van der Waals surface area (Å²) in [7, 11) is 1.59. The summed E-state index contributed by atoms with van der Waals surface area (Å²) in [4.78, 5) is 25.7. The van der Waals surface area contributed by atoms with Crippen LogP contribution in [0.2, 0.25) is 0 Å². The Kier molecular flexibility index (Phi) is 5.57. The average molecular weight is 274 g/mol. The molecule has 18 heavy (non-hydrogen) atoms. The van der Waals surface area contributed by atoms with Crippen LogP contribution >= 0.6 is 11.8 Å². The molecule has 0 aliphatic rings. The summed E-state index contributed by atoms with van der Waals surface area (Å²) in [5, 5.41) is 15.5. The topological polar surface area (TPSA) is 100 Å². The number of hydrogen-bond acceptors (Lipinski definition) is 6. The second-order valence-electron chi connectivity index (χ2n) is 4.23. The van der Waals surface area contributed by atoms with Gasteiger partial charge < -0.3 is 10.4 Å². The van der Waals surface area contributed by atoms with E-state index >= 15 is 0 Å². The number of aromatic amines is 1. The van der Waals surface area contributed by atoms with Crippen LogP contribution in [0.5, 0.6) is 0 Å². The molecule has 1 rings (SSSR count). The van der Waals surface area contributed by atoms with E-state index in [2.05, 4.69) is 15.4 Å². The van der Waals surface area contributed by atoms with E-state index in [4.69, 9.17) is 0 Å². The molecule has 0 spiro atoms. The molecular formula is C10H18N4O3S. The van der Waals surface area contributed by atoms with Crippen molar-refractivity contribution in [3.8, 4) is 0 Å². The highest BCUT2D eigenvalue weighted by Crippen LogP contribution is 2.12. The SMILES string of the molecule is CC(C)NCC(O)CSc1nc(=O)c(=O)[nH]n1C. The Hall–Kier alpha value is -1.12. The van der Waals surface area contributed by atoms with E-state index in [1.54, 1.807) is 7.05 Å². The highest BCUT2D eigenvalue weighted by atomic mass is 32.2. The van der Waals surface area contributed by atoms with Crippen LogP contribution in [-0.4, -0.2) is 44.3 Å². The highest BCUT2D eigenvalue weighted by molar-refractivity contribution is 7.99. The maximum atomic E-state index is 11.1. The van der Waals surface area contributed by atoms with Gasteiger partial charge in [-0.05, 0) is 0 Å². The van der Waals surface area contributed by atoms with E-state index in [9.17, 15) is 14.7 Å². The van der Waals surface area contributed by atoms with Crippen LogP contribution in [0.4, 0.5) is 0 Å². The fourth-order valence-corrected chi connectivity index (χ4v) is 2.04. The molecule has 1 heterocycles. The molecule has 0 aliphatic heterocycles. The molecule has 1 aromatic heterocycles. The van der Waals surface area contributed by atoms with Crippen molar-refractivity contribution in [2.24, 2.45) is 7.05 Å². The standard InChI is InChI=1S/C10H18N4O3S/c1-6(2)11-4-7(15)5-18-10-12-8(16)9(17)13-14(10)3/h6-7,11,15H,4-5H2,1-3H3,(H,13,17). The van der Waals surface area contributed by atoms with Gasteiger partial charge in [-0.25, -0.2) is 0 Å². The van der Waals surface area contributed by atoms with Gasteiger partial charge >= 0.3 is 11.1 Å². The van der Waals surface area contributed by atoms with Gasteiger partial charge in [-0.3, -0.25) is 19.4 Å². The number of rotatable bonds is 6. The van der Waals surface area contributed by atoms with Crippen molar-refractivity contribution in [1.29, 1.82) is 0 Å². The molecule has 0 aromatic carbocycles. The maximum absolute atomic E-state index is 11.1. The number of thioether (sulfide) groups is 1. The molecule has 0 aliphatic carbocycles. The van der Waals surface area contributed by atoms with Gasteiger partial charge in [-0.2, -0.15) is 4.98 Å². The van der Waals surface area contributed by atoms with Crippen molar-refractivity contribution in [1.82, 2.24) is 20.1 Å². The second kappa shape index (κ2) is 6.72. The minimum absolute atomic E-state index is 0.306. The third kappa shape index (κ3) is 4.63. The number of aromatic nitrogens is 3. The summed E-state index contributed by atoms with van der Waals surface area (Å²) < 4.78 is 1.37. The molecule has 0 saturated heterocycles. The highest BCUT2D eigenvalue weighted by Gasteiger charge is 2.09. The van der Waals surface area contributed by atoms with Crippen LogP contribution < -0.4 is 16.4 Å². The van der Waals surface area contributed by atoms with E-state index in [1.165, 1.54) is 16.4 Å². The molecule has 102 valence electrons. The average Bonchev–Trinajstić information content (AvgIpc) is 2.29. The Balaban J connectivity index is 2.56. The molecule has 0 fully saturated rings. The number of hydrogen-bond donors (Lipinski definition) is 3. The van der Waals surface area contributed by atoms with Crippen LogP contribution in [0.3, 0.4) is 0 Å². The Morgan fingerprint density at radius 1 is 1.50 bits per heavy atom. The van der Waals surface area contributed by atoms with Crippen LogP contribution in [0.25, 0.3) is 0 Å². The summed E-state index contributed by atoms with van der Waals surface area (Å²) in [5.74, 6) is 0.395. The summed E-state index contributed by atoms with van der Waals surface area (Å²) in [6, 6.07) is 0.306. The van der Waals surface area contributed by atoms with E-state index in [0.717, 1.165) is 0 Å². The van der Waals surface area contributed by atoms with Gasteiger partial charge in [0.25, 0.3) is 0 Å². The predicted molar refractivity (Wildman–Crippen MR) is 70.0 cm³/mol. The van der Waals surface area contributed by atoms with E-state index in [-0.39, 0.29) is 0 Å². The van der Waals surface area contributed by atoms with Gasteiger partial charge in [-0.15, -0.1) is 0 Å². The molecule has 1 unspecified atom stereocenters. The molecular weight excluding hydrogens is 256 g/mol. The molecule has 0 radical (unpaired) electrons. The van der Waals surface area contributed by atoms with Gasteiger partial charge in [0.1, 0.15) is 0 Å². The van der Waals surface area contributed by atoms with Crippen LogP contribution in [0, 0.1) is 0 Å². The van der Waals surface area contributed by atoms with Crippen molar-refractivity contribution < 1.29 is 5.11 Å². The predicted octanol–water partition coefficient (Wildman–Crippen LogP) is -1.08. The molecule has 0 saturated carbocycles. The van der Waals surface area contributed by atoms with Crippen molar-refractivity contribution in [3.05, 3.63) is 20.7 Å². The minimum atomic E-state index is -0.814. The summed E-state index contributed by atoms with van der Waals surface area (Å²) >= 11 is 1.22. The minimum Gasteiger partial charge on any atom is -0.391 e. The zero-order valence-electron chi connectivity index (χ0n) is 10.6. The Morgan fingerprint density at radius 3 is 2.78 bits per heavy atom. The number of nitrogens with zero attached hydrogens (tertiary/aromatic N) is 2. The lowest BCUT2D eigenvalue weighted by Gasteiger charge is -2.13.